The third-order valence-corrected chi connectivity index (χ3v) is 11.0. The summed E-state index contributed by atoms with van der Waals surface area (Å²) in [5.41, 5.74) is 15.1. The van der Waals surface area contributed by atoms with Crippen LogP contribution in [0.15, 0.2) is 182 Å². The van der Waals surface area contributed by atoms with E-state index in [1.807, 2.05) is 42.6 Å². The summed E-state index contributed by atoms with van der Waals surface area (Å²) in [6.07, 6.45) is 3.66. The standard InChI is InChI=1S/C51H36N4/c1-51(2)44-19-9-18-43(47(44)46-42-17-7-6-11-35(42)28-29-45(46)51)40-15-8-14-39(31-40)33-20-24-37(25-21-33)49-53-48(36-12-4-3-5-13-36)54-50(55-49)38-26-22-34(23-27-38)41-16-10-30-52-32-41/h3-32H,1-2H3. The van der Waals surface area contributed by atoms with Crippen LogP contribution >= 0.6 is 0 Å². The minimum atomic E-state index is -0.0866. The molecule has 0 amide bonds. The van der Waals surface area contributed by atoms with Crippen molar-refractivity contribution in [2.24, 2.45) is 0 Å². The first kappa shape index (κ1) is 32.6. The zero-order valence-corrected chi connectivity index (χ0v) is 30.6. The second-order valence-electron chi connectivity index (χ2n) is 14.7. The van der Waals surface area contributed by atoms with Crippen LogP contribution in [0.25, 0.3) is 89.4 Å². The van der Waals surface area contributed by atoms with Crippen molar-refractivity contribution < 1.29 is 0 Å². The number of hydrogen-bond donors (Lipinski definition) is 0. The average molecular weight is 705 g/mol. The lowest BCUT2D eigenvalue weighted by atomic mass is 9.81. The summed E-state index contributed by atoms with van der Waals surface area (Å²) in [5.74, 6) is 1.90. The van der Waals surface area contributed by atoms with Crippen LogP contribution < -0.4 is 0 Å². The summed E-state index contributed by atoms with van der Waals surface area (Å²) in [6.45, 7) is 4.71. The first-order valence-electron chi connectivity index (χ1n) is 18.7. The van der Waals surface area contributed by atoms with Gasteiger partial charge in [0, 0.05) is 34.5 Å². The second-order valence-corrected chi connectivity index (χ2v) is 14.7. The first-order valence-corrected chi connectivity index (χ1v) is 18.7. The molecule has 1 aliphatic rings. The lowest BCUT2D eigenvalue weighted by Gasteiger charge is -2.21. The second kappa shape index (κ2) is 13.1. The maximum atomic E-state index is 5.01. The molecule has 2 heterocycles. The Balaban J connectivity index is 1.02. The molecule has 0 bridgehead atoms. The number of pyridine rings is 1. The molecule has 55 heavy (non-hydrogen) atoms. The van der Waals surface area contributed by atoms with E-state index in [9.17, 15) is 0 Å². The van der Waals surface area contributed by atoms with Crippen LogP contribution in [0.2, 0.25) is 0 Å². The highest BCUT2D eigenvalue weighted by Gasteiger charge is 2.37. The quantitative estimate of drug-likeness (QED) is 0.173. The number of fused-ring (bicyclic) bond motifs is 5. The maximum absolute atomic E-state index is 5.01. The van der Waals surface area contributed by atoms with Crippen LogP contribution in [0.5, 0.6) is 0 Å². The SMILES string of the molecule is CC1(C)c2cccc(-c3cccc(-c4ccc(-c5nc(-c6ccccc6)nc(-c6ccc(-c7cccnc7)cc6)n5)cc4)c3)c2-c2c1ccc1ccccc21. The number of rotatable bonds is 6. The summed E-state index contributed by atoms with van der Waals surface area (Å²) in [6, 6.07) is 60.1. The first-order chi connectivity index (χ1) is 27.0. The predicted octanol–water partition coefficient (Wildman–Crippen LogP) is 12.7. The zero-order valence-electron chi connectivity index (χ0n) is 30.6. The average Bonchev–Trinajstić information content (AvgIpc) is 3.50. The molecule has 0 fully saturated rings. The third-order valence-electron chi connectivity index (χ3n) is 11.0. The molecule has 0 spiro atoms. The summed E-state index contributed by atoms with van der Waals surface area (Å²) in [7, 11) is 0. The maximum Gasteiger partial charge on any atom is 0.164 e. The van der Waals surface area contributed by atoms with Gasteiger partial charge in [0.25, 0.3) is 0 Å². The summed E-state index contributed by atoms with van der Waals surface area (Å²) >= 11 is 0. The monoisotopic (exact) mass is 704 g/mol. The minimum Gasteiger partial charge on any atom is -0.264 e. The van der Waals surface area contributed by atoms with Gasteiger partial charge in [0.2, 0.25) is 0 Å². The van der Waals surface area contributed by atoms with Crippen LogP contribution in [-0.2, 0) is 5.41 Å². The van der Waals surface area contributed by atoms with E-state index in [4.69, 9.17) is 15.0 Å². The van der Waals surface area contributed by atoms with Crippen molar-refractivity contribution >= 4 is 10.8 Å². The highest BCUT2D eigenvalue weighted by atomic mass is 15.0. The van der Waals surface area contributed by atoms with E-state index in [2.05, 4.69) is 152 Å². The number of aromatic nitrogens is 4. The Bertz CT molecular complexity index is 2860. The number of hydrogen-bond acceptors (Lipinski definition) is 4. The normalized spacial score (nSPS) is 12.7. The third kappa shape index (κ3) is 5.71. The van der Waals surface area contributed by atoms with Crippen LogP contribution in [-0.4, -0.2) is 19.9 Å². The predicted molar refractivity (Wildman–Crippen MR) is 225 cm³/mol. The van der Waals surface area contributed by atoms with Gasteiger partial charge in [-0.1, -0.05) is 172 Å². The molecule has 2 aromatic heterocycles. The van der Waals surface area contributed by atoms with E-state index in [1.165, 1.54) is 44.2 Å². The van der Waals surface area contributed by atoms with Gasteiger partial charge in [0.1, 0.15) is 0 Å². The van der Waals surface area contributed by atoms with Crippen molar-refractivity contribution in [3.8, 4) is 78.7 Å². The molecule has 0 atom stereocenters. The van der Waals surface area contributed by atoms with E-state index in [0.29, 0.717) is 17.5 Å². The van der Waals surface area contributed by atoms with Crippen molar-refractivity contribution in [2.45, 2.75) is 19.3 Å². The minimum absolute atomic E-state index is 0.0866. The molecule has 4 nitrogen and oxygen atoms in total. The Morgan fingerprint density at radius 2 is 0.927 bits per heavy atom. The fourth-order valence-electron chi connectivity index (χ4n) is 8.16. The molecule has 0 saturated carbocycles. The smallest absolute Gasteiger partial charge is 0.164 e. The highest BCUT2D eigenvalue weighted by Crippen LogP contribution is 2.54. The van der Waals surface area contributed by atoms with E-state index >= 15 is 0 Å². The summed E-state index contributed by atoms with van der Waals surface area (Å²) in [5, 5.41) is 2.58. The highest BCUT2D eigenvalue weighted by molar-refractivity contribution is 6.06. The van der Waals surface area contributed by atoms with Crippen LogP contribution in [0.1, 0.15) is 25.0 Å². The van der Waals surface area contributed by atoms with E-state index < -0.39 is 0 Å². The molecule has 0 saturated heterocycles. The van der Waals surface area contributed by atoms with Gasteiger partial charge in [-0.3, -0.25) is 4.98 Å². The van der Waals surface area contributed by atoms with Crippen molar-refractivity contribution in [2.75, 3.05) is 0 Å². The molecule has 4 heteroatoms. The number of nitrogens with zero attached hydrogens (tertiary/aromatic N) is 4. The largest absolute Gasteiger partial charge is 0.264 e. The lowest BCUT2D eigenvalue weighted by molar-refractivity contribution is 0.661. The molecule has 0 radical (unpaired) electrons. The molecule has 0 unspecified atom stereocenters. The molecule has 1 aliphatic carbocycles. The fraction of sp³-hybridized carbons (Fsp3) is 0.0588. The molecule has 7 aromatic carbocycles. The van der Waals surface area contributed by atoms with Gasteiger partial charge in [-0.05, 0) is 78.5 Å². The topological polar surface area (TPSA) is 51.6 Å². The van der Waals surface area contributed by atoms with Gasteiger partial charge in [0.15, 0.2) is 17.5 Å². The lowest BCUT2D eigenvalue weighted by Crippen LogP contribution is -2.14. The van der Waals surface area contributed by atoms with E-state index in [-0.39, 0.29) is 5.41 Å². The van der Waals surface area contributed by atoms with Crippen molar-refractivity contribution in [1.29, 1.82) is 0 Å². The molecule has 9 aromatic rings. The van der Waals surface area contributed by atoms with Crippen LogP contribution in [0.3, 0.4) is 0 Å². The Labute approximate surface area is 320 Å². The van der Waals surface area contributed by atoms with Gasteiger partial charge in [0.05, 0.1) is 0 Å². The van der Waals surface area contributed by atoms with E-state index in [0.717, 1.165) is 38.9 Å². The summed E-state index contributed by atoms with van der Waals surface area (Å²) < 4.78 is 0. The van der Waals surface area contributed by atoms with Gasteiger partial charge < -0.3 is 0 Å². The molecule has 0 N–H and O–H groups in total. The van der Waals surface area contributed by atoms with Gasteiger partial charge in [-0.2, -0.15) is 0 Å². The molecular formula is C51H36N4. The Morgan fingerprint density at radius 1 is 0.382 bits per heavy atom. The van der Waals surface area contributed by atoms with Gasteiger partial charge in [-0.15, -0.1) is 0 Å². The molecular weight excluding hydrogens is 669 g/mol. The Morgan fingerprint density at radius 3 is 1.62 bits per heavy atom. The Hall–Kier alpha value is -7.04. The van der Waals surface area contributed by atoms with Crippen molar-refractivity contribution in [3.05, 3.63) is 193 Å². The molecule has 260 valence electrons. The van der Waals surface area contributed by atoms with Crippen molar-refractivity contribution in [1.82, 2.24) is 19.9 Å². The van der Waals surface area contributed by atoms with E-state index in [1.54, 1.807) is 6.20 Å². The van der Waals surface area contributed by atoms with Crippen LogP contribution in [0, 0.1) is 0 Å². The van der Waals surface area contributed by atoms with Gasteiger partial charge >= 0.3 is 0 Å². The van der Waals surface area contributed by atoms with Crippen LogP contribution in [0.4, 0.5) is 0 Å². The fourth-order valence-corrected chi connectivity index (χ4v) is 8.16. The summed E-state index contributed by atoms with van der Waals surface area (Å²) in [4.78, 5) is 19.2. The van der Waals surface area contributed by atoms with Gasteiger partial charge in [-0.25, -0.2) is 15.0 Å². The zero-order chi connectivity index (χ0) is 36.9. The molecule has 10 rings (SSSR count). The number of benzene rings is 7. The van der Waals surface area contributed by atoms with Crippen molar-refractivity contribution in [3.63, 3.8) is 0 Å². The molecule has 0 aliphatic heterocycles. The Kier molecular flexibility index (Phi) is 7.77.